The third-order valence-corrected chi connectivity index (χ3v) is 2.25. The second kappa shape index (κ2) is 2.49. The van der Waals surface area contributed by atoms with Gasteiger partial charge in [-0.05, 0) is 42.9 Å². The molecule has 1 heterocycles. The summed E-state index contributed by atoms with van der Waals surface area (Å²) in [6.45, 7) is 0.853. The summed E-state index contributed by atoms with van der Waals surface area (Å²) >= 11 is 0. The van der Waals surface area contributed by atoms with E-state index in [0.29, 0.717) is 0 Å². The van der Waals surface area contributed by atoms with Crippen LogP contribution in [0.1, 0.15) is 25.7 Å². The lowest BCUT2D eigenvalue weighted by molar-refractivity contribution is 0.266. The lowest BCUT2D eigenvalue weighted by Crippen LogP contribution is -2.06. The van der Waals surface area contributed by atoms with Crippen LogP contribution in [0.5, 0.6) is 0 Å². The molecule has 0 N–H and O–H groups in total. The summed E-state index contributed by atoms with van der Waals surface area (Å²) < 4.78 is 5.20. The molecule has 0 saturated heterocycles. The Kier molecular flexibility index (Phi) is 1.50. The van der Waals surface area contributed by atoms with Crippen LogP contribution >= 0.6 is 0 Å². The molecule has 0 aromatic carbocycles. The molecule has 0 bridgehead atoms. The maximum Gasteiger partial charge on any atom is 0.109 e. The summed E-state index contributed by atoms with van der Waals surface area (Å²) in [6, 6.07) is 0. The smallest absolute Gasteiger partial charge is 0.109 e. The van der Waals surface area contributed by atoms with Gasteiger partial charge in [-0.25, -0.2) is 0 Å². The summed E-state index contributed by atoms with van der Waals surface area (Å²) in [7, 11) is 0. The van der Waals surface area contributed by atoms with Gasteiger partial charge >= 0.3 is 0 Å². The fourth-order valence-electron chi connectivity index (χ4n) is 1.64. The van der Waals surface area contributed by atoms with Crippen molar-refractivity contribution in [2.45, 2.75) is 25.7 Å². The van der Waals surface area contributed by atoms with Gasteiger partial charge in [0.25, 0.3) is 0 Å². The van der Waals surface area contributed by atoms with Crippen LogP contribution in [0.25, 0.3) is 0 Å². The number of hydrogen-bond donors (Lipinski definition) is 0. The molecule has 0 atom stereocenters. The van der Waals surface area contributed by atoms with Crippen LogP contribution in [0.15, 0.2) is 23.5 Å². The highest BCUT2D eigenvalue weighted by atomic mass is 16.5. The summed E-state index contributed by atoms with van der Waals surface area (Å²) in [5.41, 5.74) is 3.08. The zero-order chi connectivity index (χ0) is 6.81. The van der Waals surface area contributed by atoms with Crippen LogP contribution in [0.2, 0.25) is 0 Å². The monoisotopic (exact) mass is 136 g/mol. The van der Waals surface area contributed by atoms with Gasteiger partial charge in [0, 0.05) is 0 Å². The molecule has 0 unspecified atom stereocenters. The van der Waals surface area contributed by atoms with Gasteiger partial charge in [-0.15, -0.1) is 0 Å². The molecule has 1 nitrogen and oxygen atoms in total. The normalized spacial score (nSPS) is 24.0. The SMILES string of the molecule is C1=CC2=C(CCCC2)CO1. The Bertz CT molecular complexity index is 189. The predicted molar refractivity (Wildman–Crippen MR) is 40.6 cm³/mol. The van der Waals surface area contributed by atoms with Crippen molar-refractivity contribution in [3.63, 3.8) is 0 Å². The highest BCUT2D eigenvalue weighted by Crippen LogP contribution is 2.27. The van der Waals surface area contributed by atoms with Crippen molar-refractivity contribution in [2.24, 2.45) is 0 Å². The molecule has 0 fully saturated rings. The van der Waals surface area contributed by atoms with E-state index < -0.39 is 0 Å². The van der Waals surface area contributed by atoms with Crippen LogP contribution in [-0.4, -0.2) is 6.61 Å². The van der Waals surface area contributed by atoms with E-state index in [2.05, 4.69) is 6.08 Å². The predicted octanol–water partition coefficient (Wildman–Crippen LogP) is 2.40. The van der Waals surface area contributed by atoms with Crippen molar-refractivity contribution >= 4 is 0 Å². The largest absolute Gasteiger partial charge is 0.497 e. The average Bonchev–Trinajstić information content (AvgIpc) is 2.05. The Morgan fingerprint density at radius 1 is 1.20 bits per heavy atom. The van der Waals surface area contributed by atoms with Crippen molar-refractivity contribution in [1.29, 1.82) is 0 Å². The minimum Gasteiger partial charge on any atom is -0.497 e. The molecule has 2 rings (SSSR count). The molecule has 2 aliphatic rings. The lowest BCUT2D eigenvalue weighted by atomic mass is 9.91. The molecular formula is C9H12O. The first-order valence-corrected chi connectivity index (χ1v) is 3.96. The zero-order valence-electron chi connectivity index (χ0n) is 6.10. The average molecular weight is 136 g/mol. The molecule has 0 aromatic heterocycles. The summed E-state index contributed by atoms with van der Waals surface area (Å²) in [4.78, 5) is 0. The van der Waals surface area contributed by atoms with Gasteiger partial charge in [-0.1, -0.05) is 0 Å². The first kappa shape index (κ1) is 6.02. The molecule has 1 aliphatic heterocycles. The van der Waals surface area contributed by atoms with Crippen molar-refractivity contribution in [2.75, 3.05) is 6.61 Å². The van der Waals surface area contributed by atoms with Crippen LogP contribution < -0.4 is 0 Å². The Hall–Kier alpha value is -0.720. The van der Waals surface area contributed by atoms with Gasteiger partial charge in [0.2, 0.25) is 0 Å². The van der Waals surface area contributed by atoms with E-state index in [9.17, 15) is 0 Å². The van der Waals surface area contributed by atoms with Crippen molar-refractivity contribution in [3.05, 3.63) is 23.5 Å². The highest BCUT2D eigenvalue weighted by Gasteiger charge is 2.12. The topological polar surface area (TPSA) is 9.23 Å². The maximum atomic E-state index is 5.20. The van der Waals surface area contributed by atoms with E-state index >= 15 is 0 Å². The first-order valence-electron chi connectivity index (χ1n) is 3.96. The van der Waals surface area contributed by atoms with Gasteiger partial charge in [-0.3, -0.25) is 0 Å². The van der Waals surface area contributed by atoms with Crippen LogP contribution in [0.4, 0.5) is 0 Å². The van der Waals surface area contributed by atoms with E-state index in [1.165, 1.54) is 36.8 Å². The van der Waals surface area contributed by atoms with Crippen LogP contribution in [0.3, 0.4) is 0 Å². The van der Waals surface area contributed by atoms with E-state index in [4.69, 9.17) is 4.74 Å². The van der Waals surface area contributed by atoms with Gasteiger partial charge in [-0.2, -0.15) is 0 Å². The van der Waals surface area contributed by atoms with Gasteiger partial charge < -0.3 is 4.74 Å². The molecule has 0 radical (unpaired) electrons. The number of hydrogen-bond acceptors (Lipinski definition) is 1. The standard InChI is InChI=1S/C9H12O/c1-2-4-9-7-10-6-5-8(9)3-1/h5-6H,1-4,7H2. The van der Waals surface area contributed by atoms with Gasteiger partial charge in [0.05, 0.1) is 6.26 Å². The Morgan fingerprint density at radius 3 is 3.00 bits per heavy atom. The van der Waals surface area contributed by atoms with Gasteiger partial charge in [0.15, 0.2) is 0 Å². The summed E-state index contributed by atoms with van der Waals surface area (Å²) in [5.74, 6) is 0. The van der Waals surface area contributed by atoms with E-state index in [1.54, 1.807) is 0 Å². The van der Waals surface area contributed by atoms with Crippen molar-refractivity contribution in [3.8, 4) is 0 Å². The number of rotatable bonds is 0. The van der Waals surface area contributed by atoms with Crippen LogP contribution in [0, 0.1) is 0 Å². The molecular weight excluding hydrogens is 124 g/mol. The molecule has 0 saturated carbocycles. The minimum absolute atomic E-state index is 0.853. The fourth-order valence-corrected chi connectivity index (χ4v) is 1.64. The van der Waals surface area contributed by atoms with Crippen LogP contribution in [-0.2, 0) is 4.74 Å². The molecule has 10 heavy (non-hydrogen) atoms. The van der Waals surface area contributed by atoms with E-state index in [0.717, 1.165) is 6.61 Å². The minimum atomic E-state index is 0.853. The molecule has 0 aromatic rings. The number of ether oxygens (including phenoxy) is 1. The number of allylic oxidation sites excluding steroid dienone is 2. The Morgan fingerprint density at radius 2 is 2.10 bits per heavy atom. The second-order valence-electron chi connectivity index (χ2n) is 2.95. The van der Waals surface area contributed by atoms with Crippen molar-refractivity contribution in [1.82, 2.24) is 0 Å². The van der Waals surface area contributed by atoms with E-state index in [1.807, 2.05) is 6.26 Å². The third-order valence-electron chi connectivity index (χ3n) is 2.25. The molecule has 1 aliphatic carbocycles. The molecule has 0 amide bonds. The molecule has 0 spiro atoms. The van der Waals surface area contributed by atoms with Gasteiger partial charge in [0.1, 0.15) is 6.61 Å². The fraction of sp³-hybridized carbons (Fsp3) is 0.556. The Balaban J connectivity index is 2.23. The lowest BCUT2D eigenvalue weighted by Gasteiger charge is -2.20. The third kappa shape index (κ3) is 0.962. The maximum absolute atomic E-state index is 5.20. The van der Waals surface area contributed by atoms with E-state index in [-0.39, 0.29) is 0 Å². The highest BCUT2D eigenvalue weighted by molar-refractivity contribution is 5.29. The van der Waals surface area contributed by atoms with Crippen molar-refractivity contribution < 1.29 is 4.74 Å². The Labute approximate surface area is 61.4 Å². The molecule has 54 valence electrons. The summed E-state index contributed by atoms with van der Waals surface area (Å²) in [5, 5.41) is 0. The zero-order valence-corrected chi connectivity index (χ0v) is 6.10. The summed E-state index contributed by atoms with van der Waals surface area (Å²) in [6.07, 6.45) is 9.20. The second-order valence-corrected chi connectivity index (χ2v) is 2.95. The quantitative estimate of drug-likeness (QED) is 0.497. The molecule has 1 heteroatoms. The first-order chi connectivity index (χ1) is 4.97.